The average molecular weight is 290 g/mol. The largest absolute Gasteiger partial charge is 0.361 e. The van der Waals surface area contributed by atoms with Crippen LogP contribution in [0.1, 0.15) is 23.6 Å². The second kappa shape index (κ2) is 7.10. The van der Waals surface area contributed by atoms with Crippen LogP contribution in [0, 0.1) is 0 Å². The number of fused-ring (bicyclic) bond motifs is 1. The summed E-state index contributed by atoms with van der Waals surface area (Å²) in [6, 6.07) is 17.2. The molecule has 112 valence electrons. The molecule has 0 fully saturated rings. The number of H-pyrrole nitrogens is 1. The van der Waals surface area contributed by atoms with Crippen LogP contribution in [0.5, 0.6) is 0 Å². The monoisotopic (exact) mass is 290 g/mol. The summed E-state index contributed by atoms with van der Waals surface area (Å²) in [5.74, 6) is 0. The smallest absolute Gasteiger partial charge is 0.0456 e. The zero-order valence-corrected chi connectivity index (χ0v) is 13.0. The SMILES string of the molecule is C/C=C/c1ccc(CNCCc2c[nH]c3ccccc23)cc1. The lowest BCUT2D eigenvalue weighted by atomic mass is 10.1. The van der Waals surface area contributed by atoms with Gasteiger partial charge < -0.3 is 10.3 Å². The van der Waals surface area contributed by atoms with E-state index in [9.17, 15) is 0 Å². The second-order valence-corrected chi connectivity index (χ2v) is 5.53. The first kappa shape index (κ1) is 14.6. The van der Waals surface area contributed by atoms with Gasteiger partial charge in [-0.2, -0.15) is 0 Å². The molecule has 1 heterocycles. The fraction of sp³-hybridized carbons (Fsp3) is 0.200. The van der Waals surface area contributed by atoms with E-state index in [2.05, 4.69) is 77.2 Å². The van der Waals surface area contributed by atoms with Gasteiger partial charge in [0.2, 0.25) is 0 Å². The average Bonchev–Trinajstić information content (AvgIpc) is 2.97. The zero-order valence-electron chi connectivity index (χ0n) is 13.0. The van der Waals surface area contributed by atoms with Crippen LogP contribution in [-0.4, -0.2) is 11.5 Å². The van der Waals surface area contributed by atoms with Gasteiger partial charge in [-0.05, 0) is 42.6 Å². The van der Waals surface area contributed by atoms with Gasteiger partial charge in [0.25, 0.3) is 0 Å². The van der Waals surface area contributed by atoms with Crippen molar-refractivity contribution in [3.63, 3.8) is 0 Å². The van der Waals surface area contributed by atoms with Gasteiger partial charge in [-0.15, -0.1) is 0 Å². The molecule has 0 amide bonds. The first-order valence-electron chi connectivity index (χ1n) is 7.84. The van der Waals surface area contributed by atoms with E-state index in [1.54, 1.807) is 0 Å². The van der Waals surface area contributed by atoms with Crippen molar-refractivity contribution in [3.8, 4) is 0 Å². The number of benzene rings is 2. The number of rotatable bonds is 6. The van der Waals surface area contributed by atoms with Crippen LogP contribution in [-0.2, 0) is 13.0 Å². The number of aromatic nitrogens is 1. The van der Waals surface area contributed by atoms with Crippen LogP contribution in [0.3, 0.4) is 0 Å². The van der Waals surface area contributed by atoms with Gasteiger partial charge in [0.05, 0.1) is 0 Å². The van der Waals surface area contributed by atoms with Crippen LogP contribution in [0.4, 0.5) is 0 Å². The minimum atomic E-state index is 0.915. The van der Waals surface area contributed by atoms with E-state index in [-0.39, 0.29) is 0 Å². The Hall–Kier alpha value is -2.32. The summed E-state index contributed by atoms with van der Waals surface area (Å²) in [7, 11) is 0. The number of aromatic amines is 1. The van der Waals surface area contributed by atoms with Crippen LogP contribution in [0.25, 0.3) is 17.0 Å². The molecule has 0 spiro atoms. The predicted molar refractivity (Wildman–Crippen MR) is 94.9 cm³/mol. The van der Waals surface area contributed by atoms with Gasteiger partial charge in [0.1, 0.15) is 0 Å². The molecule has 0 aliphatic carbocycles. The molecule has 0 bridgehead atoms. The Kier molecular flexibility index (Phi) is 4.71. The summed E-state index contributed by atoms with van der Waals surface area (Å²) in [5, 5.41) is 4.86. The number of para-hydroxylation sites is 1. The third-order valence-electron chi connectivity index (χ3n) is 3.91. The fourth-order valence-electron chi connectivity index (χ4n) is 2.73. The molecule has 0 saturated carbocycles. The standard InChI is InChI=1S/C20H22N2/c1-2-5-16-8-10-17(11-9-16)14-21-13-12-18-15-22-20-7-4-3-6-19(18)20/h2-11,15,21-22H,12-14H2,1H3/b5-2+. The summed E-state index contributed by atoms with van der Waals surface area (Å²) >= 11 is 0. The van der Waals surface area contributed by atoms with Gasteiger partial charge in [-0.3, -0.25) is 0 Å². The molecule has 2 aromatic carbocycles. The van der Waals surface area contributed by atoms with Gasteiger partial charge in [0.15, 0.2) is 0 Å². The molecular weight excluding hydrogens is 268 g/mol. The van der Waals surface area contributed by atoms with Crippen molar-refractivity contribution in [1.82, 2.24) is 10.3 Å². The first-order chi connectivity index (χ1) is 10.9. The van der Waals surface area contributed by atoms with Gasteiger partial charge in [-0.1, -0.05) is 54.6 Å². The van der Waals surface area contributed by atoms with Crippen molar-refractivity contribution < 1.29 is 0 Å². The highest BCUT2D eigenvalue weighted by molar-refractivity contribution is 5.83. The maximum absolute atomic E-state index is 3.52. The molecule has 2 N–H and O–H groups in total. The minimum Gasteiger partial charge on any atom is -0.361 e. The number of hydrogen-bond donors (Lipinski definition) is 2. The van der Waals surface area contributed by atoms with Gasteiger partial charge >= 0.3 is 0 Å². The first-order valence-corrected chi connectivity index (χ1v) is 7.84. The Morgan fingerprint density at radius 3 is 2.68 bits per heavy atom. The van der Waals surface area contributed by atoms with E-state index in [1.807, 2.05) is 6.92 Å². The topological polar surface area (TPSA) is 27.8 Å². The quantitative estimate of drug-likeness (QED) is 0.641. The highest BCUT2D eigenvalue weighted by atomic mass is 14.8. The molecule has 0 aliphatic rings. The molecule has 0 atom stereocenters. The fourth-order valence-corrected chi connectivity index (χ4v) is 2.73. The predicted octanol–water partition coefficient (Wildman–Crippen LogP) is 4.53. The maximum atomic E-state index is 3.52. The van der Waals surface area contributed by atoms with E-state index in [0.29, 0.717) is 0 Å². The summed E-state index contributed by atoms with van der Waals surface area (Å²) in [4.78, 5) is 3.33. The van der Waals surface area contributed by atoms with E-state index in [4.69, 9.17) is 0 Å². The lowest BCUT2D eigenvalue weighted by Crippen LogP contribution is -2.16. The Bertz CT molecular complexity index is 751. The number of allylic oxidation sites excluding steroid dienone is 1. The van der Waals surface area contributed by atoms with Crippen molar-refractivity contribution in [2.75, 3.05) is 6.54 Å². The van der Waals surface area contributed by atoms with Crippen molar-refractivity contribution in [2.24, 2.45) is 0 Å². The Labute approximate surface area is 131 Å². The van der Waals surface area contributed by atoms with Crippen molar-refractivity contribution in [1.29, 1.82) is 0 Å². The summed E-state index contributed by atoms with van der Waals surface area (Å²) in [6.45, 7) is 3.94. The highest BCUT2D eigenvalue weighted by Gasteiger charge is 2.02. The van der Waals surface area contributed by atoms with Crippen molar-refractivity contribution in [3.05, 3.63) is 77.5 Å². The molecule has 3 aromatic rings. The molecular formula is C20H22N2. The lowest BCUT2D eigenvalue weighted by molar-refractivity contribution is 0.688. The number of hydrogen-bond acceptors (Lipinski definition) is 1. The van der Waals surface area contributed by atoms with Crippen LogP contribution < -0.4 is 5.32 Å². The second-order valence-electron chi connectivity index (χ2n) is 5.53. The Balaban J connectivity index is 1.51. The molecule has 2 heteroatoms. The Morgan fingerprint density at radius 2 is 1.86 bits per heavy atom. The lowest BCUT2D eigenvalue weighted by Gasteiger charge is -2.05. The third-order valence-corrected chi connectivity index (χ3v) is 3.91. The van der Waals surface area contributed by atoms with Crippen molar-refractivity contribution in [2.45, 2.75) is 19.9 Å². The highest BCUT2D eigenvalue weighted by Crippen LogP contribution is 2.17. The molecule has 0 unspecified atom stereocenters. The van der Waals surface area contributed by atoms with E-state index in [0.717, 1.165) is 19.5 Å². The maximum Gasteiger partial charge on any atom is 0.0456 e. The zero-order chi connectivity index (χ0) is 15.2. The molecule has 0 radical (unpaired) electrons. The van der Waals surface area contributed by atoms with E-state index < -0.39 is 0 Å². The summed E-state index contributed by atoms with van der Waals surface area (Å²) < 4.78 is 0. The molecule has 1 aromatic heterocycles. The Morgan fingerprint density at radius 1 is 1.05 bits per heavy atom. The van der Waals surface area contributed by atoms with Gasteiger partial charge in [-0.25, -0.2) is 0 Å². The number of nitrogens with one attached hydrogen (secondary N) is 2. The van der Waals surface area contributed by atoms with E-state index in [1.165, 1.54) is 27.6 Å². The van der Waals surface area contributed by atoms with Gasteiger partial charge in [0, 0.05) is 23.6 Å². The minimum absolute atomic E-state index is 0.915. The van der Waals surface area contributed by atoms with Crippen LogP contribution >= 0.6 is 0 Å². The van der Waals surface area contributed by atoms with E-state index >= 15 is 0 Å². The molecule has 3 rings (SSSR count). The van der Waals surface area contributed by atoms with Crippen molar-refractivity contribution >= 4 is 17.0 Å². The molecule has 22 heavy (non-hydrogen) atoms. The van der Waals surface area contributed by atoms with Crippen LogP contribution in [0.15, 0.2) is 60.8 Å². The normalized spacial score (nSPS) is 11.5. The molecule has 2 nitrogen and oxygen atoms in total. The third kappa shape index (κ3) is 3.46. The summed E-state index contributed by atoms with van der Waals surface area (Å²) in [6.07, 6.45) is 7.35. The molecule has 0 saturated heterocycles. The van der Waals surface area contributed by atoms with Crippen LogP contribution in [0.2, 0.25) is 0 Å². The molecule has 0 aliphatic heterocycles. The summed E-state index contributed by atoms with van der Waals surface area (Å²) in [5.41, 5.74) is 5.18.